The topological polar surface area (TPSA) is 119 Å². The van der Waals surface area contributed by atoms with Crippen molar-refractivity contribution in [2.24, 2.45) is 0 Å². The lowest BCUT2D eigenvalue weighted by molar-refractivity contribution is -0.135. The van der Waals surface area contributed by atoms with E-state index in [0.717, 1.165) is 33.4 Å². The first kappa shape index (κ1) is 21.8. The Hall–Kier alpha value is -2.45. The van der Waals surface area contributed by atoms with E-state index in [-0.39, 0.29) is 5.91 Å². The largest absolute Gasteiger partial charge is 0.481 e. The van der Waals surface area contributed by atoms with Crippen LogP contribution in [0.1, 0.15) is 44.2 Å². The maximum atomic E-state index is 12.2. The van der Waals surface area contributed by atoms with Gasteiger partial charge in [0.05, 0.1) is 6.54 Å². The monoisotopic (exact) mass is 391 g/mol. The van der Waals surface area contributed by atoms with Crippen LogP contribution in [0.4, 0.5) is 0 Å². The average molecular weight is 391 g/mol. The van der Waals surface area contributed by atoms with Gasteiger partial charge in [0.1, 0.15) is 0 Å². The summed E-state index contributed by atoms with van der Waals surface area (Å²) in [4.78, 5) is 32.4. The SMILES string of the molecule is CC(=O)O.CC(=O)O.O=C(CN1Cc2ccccc2C1)N[C@H]1C[C@H]2CC[C@@H]1N2. The van der Waals surface area contributed by atoms with Crippen molar-refractivity contribution < 1.29 is 24.6 Å². The number of amides is 1. The zero-order chi connectivity index (χ0) is 20.7. The summed E-state index contributed by atoms with van der Waals surface area (Å²) in [6.45, 7) is 4.49. The van der Waals surface area contributed by atoms with E-state index in [4.69, 9.17) is 19.8 Å². The second-order valence-electron chi connectivity index (χ2n) is 7.41. The van der Waals surface area contributed by atoms with Gasteiger partial charge in [0.2, 0.25) is 5.91 Å². The van der Waals surface area contributed by atoms with E-state index in [1.807, 2.05) is 0 Å². The van der Waals surface area contributed by atoms with E-state index in [1.165, 1.54) is 24.0 Å². The molecule has 1 aromatic carbocycles. The highest BCUT2D eigenvalue weighted by Gasteiger charge is 2.39. The van der Waals surface area contributed by atoms with Crippen molar-refractivity contribution in [2.75, 3.05) is 6.54 Å². The number of aliphatic carboxylic acids is 2. The number of nitrogens with zero attached hydrogens (tertiary/aromatic N) is 1. The number of benzene rings is 1. The van der Waals surface area contributed by atoms with E-state index in [2.05, 4.69) is 39.8 Å². The average Bonchev–Trinajstić information content (AvgIpc) is 3.27. The van der Waals surface area contributed by atoms with Crippen LogP contribution in [0.3, 0.4) is 0 Å². The zero-order valence-electron chi connectivity index (χ0n) is 16.4. The summed E-state index contributed by atoms with van der Waals surface area (Å²) in [6, 6.07) is 9.97. The van der Waals surface area contributed by atoms with E-state index >= 15 is 0 Å². The highest BCUT2D eigenvalue weighted by molar-refractivity contribution is 5.78. The molecule has 0 aliphatic carbocycles. The number of nitrogens with one attached hydrogen (secondary N) is 2. The standard InChI is InChI=1S/C16H21N3O.2C2H4O2/c20-16(18-15-7-13-5-6-14(15)17-13)10-19-8-11-3-1-2-4-12(11)9-19;2*1-2(3)4/h1-4,13-15,17H,5-10H2,(H,18,20);2*1H3,(H,3,4)/t13-,14+,15+;;/m1../s1. The van der Waals surface area contributed by atoms with E-state index in [1.54, 1.807) is 0 Å². The number of rotatable bonds is 3. The number of carboxylic acid groups (broad SMARTS) is 2. The molecule has 3 atom stereocenters. The third-order valence-electron chi connectivity index (χ3n) is 4.92. The van der Waals surface area contributed by atoms with Crippen molar-refractivity contribution in [2.45, 2.75) is 64.3 Å². The van der Waals surface area contributed by atoms with Crippen LogP contribution < -0.4 is 10.6 Å². The van der Waals surface area contributed by atoms with Gasteiger partial charge in [-0.1, -0.05) is 24.3 Å². The Bertz CT molecular complexity index is 664. The molecule has 8 heteroatoms. The molecule has 2 saturated heterocycles. The van der Waals surface area contributed by atoms with E-state index in [0.29, 0.717) is 24.7 Å². The summed E-state index contributed by atoms with van der Waals surface area (Å²) < 4.78 is 0. The number of carbonyl (C=O) groups is 3. The molecule has 4 rings (SSSR count). The molecule has 3 heterocycles. The Kier molecular flexibility index (Phi) is 7.95. The van der Waals surface area contributed by atoms with Gasteiger partial charge < -0.3 is 20.8 Å². The molecule has 3 aliphatic heterocycles. The summed E-state index contributed by atoms with van der Waals surface area (Å²) in [6.07, 6.45) is 3.60. The number of hydrogen-bond acceptors (Lipinski definition) is 5. The van der Waals surface area contributed by atoms with Gasteiger partial charge in [-0.15, -0.1) is 0 Å². The van der Waals surface area contributed by atoms with Crippen molar-refractivity contribution in [3.8, 4) is 0 Å². The summed E-state index contributed by atoms with van der Waals surface area (Å²) in [5, 5.41) is 21.6. The lowest BCUT2D eigenvalue weighted by Crippen LogP contribution is -2.46. The molecule has 8 nitrogen and oxygen atoms in total. The molecule has 1 amide bonds. The molecule has 0 aromatic heterocycles. The molecule has 3 aliphatic rings. The molecule has 1 aromatic rings. The fourth-order valence-electron chi connectivity index (χ4n) is 3.95. The summed E-state index contributed by atoms with van der Waals surface area (Å²) in [7, 11) is 0. The van der Waals surface area contributed by atoms with Gasteiger partial charge in [0.25, 0.3) is 11.9 Å². The second-order valence-corrected chi connectivity index (χ2v) is 7.41. The number of carboxylic acids is 2. The maximum Gasteiger partial charge on any atom is 0.300 e. The lowest BCUT2D eigenvalue weighted by Gasteiger charge is -2.23. The molecule has 0 radical (unpaired) electrons. The quantitative estimate of drug-likeness (QED) is 0.611. The van der Waals surface area contributed by atoms with Crippen molar-refractivity contribution in [3.63, 3.8) is 0 Å². The zero-order valence-corrected chi connectivity index (χ0v) is 16.4. The Morgan fingerprint density at radius 2 is 1.61 bits per heavy atom. The Labute approximate surface area is 164 Å². The highest BCUT2D eigenvalue weighted by atomic mass is 16.4. The highest BCUT2D eigenvalue weighted by Crippen LogP contribution is 2.28. The van der Waals surface area contributed by atoms with Gasteiger partial charge in [-0.2, -0.15) is 0 Å². The fraction of sp³-hybridized carbons (Fsp3) is 0.550. The molecule has 2 fully saturated rings. The van der Waals surface area contributed by atoms with Crippen LogP contribution in [-0.4, -0.2) is 57.6 Å². The smallest absolute Gasteiger partial charge is 0.300 e. The van der Waals surface area contributed by atoms with Crippen molar-refractivity contribution >= 4 is 17.8 Å². The second kappa shape index (κ2) is 10.2. The van der Waals surface area contributed by atoms with Gasteiger partial charge in [-0.25, -0.2) is 0 Å². The number of carbonyl (C=O) groups excluding carboxylic acids is 1. The predicted octanol–water partition coefficient (Wildman–Crippen LogP) is 1.19. The molecule has 28 heavy (non-hydrogen) atoms. The van der Waals surface area contributed by atoms with Crippen LogP contribution in [0.25, 0.3) is 0 Å². The van der Waals surface area contributed by atoms with Crippen LogP contribution in [0.5, 0.6) is 0 Å². The predicted molar refractivity (Wildman–Crippen MR) is 104 cm³/mol. The van der Waals surface area contributed by atoms with Crippen LogP contribution in [0, 0.1) is 0 Å². The van der Waals surface area contributed by atoms with Crippen LogP contribution in [0.15, 0.2) is 24.3 Å². The first-order chi connectivity index (χ1) is 13.2. The van der Waals surface area contributed by atoms with E-state index < -0.39 is 11.9 Å². The van der Waals surface area contributed by atoms with Gasteiger partial charge >= 0.3 is 0 Å². The third-order valence-corrected chi connectivity index (χ3v) is 4.92. The van der Waals surface area contributed by atoms with Crippen LogP contribution in [0.2, 0.25) is 0 Å². The Balaban J connectivity index is 0.000000302. The molecule has 2 bridgehead atoms. The minimum Gasteiger partial charge on any atom is -0.481 e. The number of hydrogen-bond donors (Lipinski definition) is 4. The third kappa shape index (κ3) is 6.94. The van der Waals surface area contributed by atoms with Crippen LogP contribution in [-0.2, 0) is 27.5 Å². The van der Waals surface area contributed by atoms with Crippen molar-refractivity contribution in [1.29, 1.82) is 0 Å². The van der Waals surface area contributed by atoms with Crippen molar-refractivity contribution in [3.05, 3.63) is 35.4 Å². The molecular formula is C20H29N3O5. The van der Waals surface area contributed by atoms with Gasteiger partial charge in [0.15, 0.2) is 0 Å². The van der Waals surface area contributed by atoms with Gasteiger partial charge in [0, 0.05) is 45.1 Å². The maximum absolute atomic E-state index is 12.2. The molecule has 0 spiro atoms. The first-order valence-electron chi connectivity index (χ1n) is 9.48. The van der Waals surface area contributed by atoms with E-state index in [9.17, 15) is 4.79 Å². The Morgan fingerprint density at radius 1 is 1.07 bits per heavy atom. The molecule has 0 unspecified atom stereocenters. The first-order valence-corrected chi connectivity index (χ1v) is 9.48. The Morgan fingerprint density at radius 3 is 2.04 bits per heavy atom. The normalized spacial score (nSPS) is 24.3. The van der Waals surface area contributed by atoms with Crippen molar-refractivity contribution in [1.82, 2.24) is 15.5 Å². The van der Waals surface area contributed by atoms with Gasteiger partial charge in [-0.05, 0) is 30.4 Å². The minimum absolute atomic E-state index is 0.178. The molecule has 0 saturated carbocycles. The summed E-state index contributed by atoms with van der Waals surface area (Å²) in [5.74, 6) is -1.49. The van der Waals surface area contributed by atoms with Gasteiger partial charge in [-0.3, -0.25) is 19.3 Å². The number of fused-ring (bicyclic) bond motifs is 3. The molecule has 154 valence electrons. The van der Waals surface area contributed by atoms with Crippen LogP contribution >= 0.6 is 0 Å². The summed E-state index contributed by atoms with van der Waals surface area (Å²) >= 11 is 0. The minimum atomic E-state index is -0.833. The molecular weight excluding hydrogens is 362 g/mol. The molecule has 4 N–H and O–H groups in total. The lowest BCUT2D eigenvalue weighted by atomic mass is 9.95. The summed E-state index contributed by atoms with van der Waals surface area (Å²) in [5.41, 5.74) is 2.73. The fourth-order valence-corrected chi connectivity index (χ4v) is 3.95.